The van der Waals surface area contributed by atoms with E-state index in [1.54, 1.807) is 31.4 Å². The average molecular weight is 270 g/mol. The highest BCUT2D eigenvalue weighted by molar-refractivity contribution is 5.89. The van der Waals surface area contributed by atoms with Crippen LogP contribution in [0.25, 0.3) is 0 Å². The largest absolute Gasteiger partial charge is 0.497 e. The number of hydrogen-bond donors (Lipinski definition) is 1. The van der Waals surface area contributed by atoms with E-state index < -0.39 is 19.0 Å². The van der Waals surface area contributed by atoms with Crippen LogP contribution in [0.4, 0.5) is 19.3 Å². The van der Waals surface area contributed by atoms with Crippen molar-refractivity contribution in [2.24, 2.45) is 0 Å². The molecule has 1 aliphatic carbocycles. The lowest BCUT2D eigenvalue weighted by molar-refractivity contribution is 0.0994. The summed E-state index contributed by atoms with van der Waals surface area (Å²) < 4.78 is 29.9. The molecular weight excluding hydrogens is 254 g/mol. The first-order chi connectivity index (χ1) is 9.10. The molecule has 1 N–H and O–H groups in total. The highest BCUT2D eigenvalue weighted by Gasteiger charge is 2.34. The number of amides is 2. The zero-order chi connectivity index (χ0) is 13.8. The Balaban J connectivity index is 1.97. The van der Waals surface area contributed by atoms with Crippen molar-refractivity contribution in [3.05, 3.63) is 24.3 Å². The summed E-state index contributed by atoms with van der Waals surface area (Å²) in [7, 11) is 1.55. The average Bonchev–Trinajstić information content (AvgIpc) is 3.21. The molecule has 0 saturated heterocycles. The predicted molar refractivity (Wildman–Crippen MR) is 67.7 cm³/mol. The number of benzene rings is 1. The Morgan fingerprint density at radius 1 is 1.42 bits per heavy atom. The summed E-state index contributed by atoms with van der Waals surface area (Å²) in [5.74, 6) is 0.671. The summed E-state index contributed by atoms with van der Waals surface area (Å²) in [5.41, 5.74) is 0.561. The minimum Gasteiger partial charge on any atom is -0.497 e. The van der Waals surface area contributed by atoms with E-state index in [1.807, 2.05) is 0 Å². The standard InChI is InChI=1S/C13H16F2N2O2/c1-19-11-6-2-9(3-7-11)16-13(18)17(8-12(14)15)10-4-5-10/h2-3,6-7,10,12H,4-5,8H2,1H3,(H,16,18). The van der Waals surface area contributed by atoms with Gasteiger partial charge in [0, 0.05) is 11.7 Å². The van der Waals surface area contributed by atoms with Gasteiger partial charge in [-0.2, -0.15) is 0 Å². The maximum Gasteiger partial charge on any atom is 0.322 e. The minimum absolute atomic E-state index is 0.0488. The zero-order valence-electron chi connectivity index (χ0n) is 10.6. The third-order valence-electron chi connectivity index (χ3n) is 2.92. The van der Waals surface area contributed by atoms with Crippen LogP contribution in [-0.2, 0) is 0 Å². The number of urea groups is 1. The van der Waals surface area contributed by atoms with Crippen molar-refractivity contribution in [1.29, 1.82) is 0 Å². The summed E-state index contributed by atoms with van der Waals surface area (Å²) >= 11 is 0. The number of halogens is 2. The van der Waals surface area contributed by atoms with E-state index in [1.165, 1.54) is 4.90 Å². The molecule has 19 heavy (non-hydrogen) atoms. The highest BCUT2D eigenvalue weighted by atomic mass is 19.3. The number of carbonyl (C=O) groups is 1. The van der Waals surface area contributed by atoms with Crippen LogP contribution in [-0.4, -0.2) is 37.1 Å². The van der Waals surface area contributed by atoms with Gasteiger partial charge in [-0.05, 0) is 37.1 Å². The molecule has 0 atom stereocenters. The molecule has 1 aromatic carbocycles. The zero-order valence-corrected chi connectivity index (χ0v) is 10.6. The molecule has 0 aromatic heterocycles. The van der Waals surface area contributed by atoms with Gasteiger partial charge in [0.25, 0.3) is 6.43 Å². The highest BCUT2D eigenvalue weighted by Crippen LogP contribution is 2.28. The number of alkyl halides is 2. The molecule has 0 bridgehead atoms. The maximum atomic E-state index is 12.4. The lowest BCUT2D eigenvalue weighted by Crippen LogP contribution is -2.39. The number of carbonyl (C=O) groups excluding carboxylic acids is 1. The Morgan fingerprint density at radius 2 is 2.05 bits per heavy atom. The maximum absolute atomic E-state index is 12.4. The molecule has 0 unspecified atom stereocenters. The van der Waals surface area contributed by atoms with Gasteiger partial charge < -0.3 is 15.0 Å². The fraction of sp³-hybridized carbons (Fsp3) is 0.462. The smallest absolute Gasteiger partial charge is 0.322 e. The molecule has 0 spiro atoms. The second-order valence-corrected chi connectivity index (χ2v) is 4.43. The summed E-state index contributed by atoms with van der Waals surface area (Å²) in [6.07, 6.45) is -0.923. The molecule has 1 aliphatic rings. The third-order valence-corrected chi connectivity index (χ3v) is 2.92. The molecule has 1 aromatic rings. The Morgan fingerprint density at radius 3 is 2.53 bits per heavy atom. The van der Waals surface area contributed by atoms with Gasteiger partial charge in [-0.3, -0.25) is 0 Å². The second kappa shape index (κ2) is 5.86. The normalized spacial score (nSPS) is 14.3. The molecule has 6 heteroatoms. The van der Waals surface area contributed by atoms with Crippen LogP contribution in [0, 0.1) is 0 Å². The SMILES string of the molecule is COc1ccc(NC(=O)N(CC(F)F)C2CC2)cc1. The van der Waals surface area contributed by atoms with Crippen molar-refractivity contribution < 1.29 is 18.3 Å². The molecule has 2 amide bonds. The molecule has 0 radical (unpaired) electrons. The second-order valence-electron chi connectivity index (χ2n) is 4.43. The van der Waals surface area contributed by atoms with Crippen molar-refractivity contribution in [2.45, 2.75) is 25.3 Å². The van der Waals surface area contributed by atoms with E-state index in [0.717, 1.165) is 12.8 Å². The van der Waals surface area contributed by atoms with Gasteiger partial charge in [0.15, 0.2) is 0 Å². The van der Waals surface area contributed by atoms with E-state index in [-0.39, 0.29) is 6.04 Å². The summed E-state index contributed by atoms with van der Waals surface area (Å²) in [6, 6.07) is 6.21. The monoisotopic (exact) mass is 270 g/mol. The van der Waals surface area contributed by atoms with E-state index >= 15 is 0 Å². The lowest BCUT2D eigenvalue weighted by atomic mass is 10.3. The molecule has 1 saturated carbocycles. The van der Waals surface area contributed by atoms with Crippen molar-refractivity contribution in [2.75, 3.05) is 19.0 Å². The molecule has 104 valence electrons. The molecule has 1 fully saturated rings. The molecule has 4 nitrogen and oxygen atoms in total. The number of methoxy groups -OCH3 is 1. The van der Waals surface area contributed by atoms with Gasteiger partial charge in [-0.25, -0.2) is 13.6 Å². The Bertz CT molecular complexity index is 433. The number of nitrogens with one attached hydrogen (secondary N) is 1. The van der Waals surface area contributed by atoms with Crippen molar-refractivity contribution >= 4 is 11.7 Å². The van der Waals surface area contributed by atoms with Crippen molar-refractivity contribution in [3.63, 3.8) is 0 Å². The Labute approximate surface area is 110 Å². The molecule has 2 rings (SSSR count). The van der Waals surface area contributed by atoms with Crippen LogP contribution < -0.4 is 10.1 Å². The molecule has 0 aliphatic heterocycles. The third kappa shape index (κ3) is 3.81. The van der Waals surface area contributed by atoms with E-state index in [4.69, 9.17) is 4.74 Å². The first-order valence-corrected chi connectivity index (χ1v) is 6.10. The summed E-state index contributed by atoms with van der Waals surface area (Å²) in [4.78, 5) is 13.1. The van der Waals surface area contributed by atoms with Crippen molar-refractivity contribution in [1.82, 2.24) is 4.90 Å². The fourth-order valence-corrected chi connectivity index (χ4v) is 1.80. The van der Waals surface area contributed by atoms with Crippen LogP contribution in [0.5, 0.6) is 5.75 Å². The quantitative estimate of drug-likeness (QED) is 0.893. The summed E-state index contributed by atoms with van der Waals surface area (Å²) in [6.45, 7) is -0.521. The van der Waals surface area contributed by atoms with E-state index in [9.17, 15) is 13.6 Å². The van der Waals surface area contributed by atoms with Gasteiger partial charge in [-0.15, -0.1) is 0 Å². The Kier molecular flexibility index (Phi) is 4.19. The van der Waals surface area contributed by atoms with Gasteiger partial charge in [0.2, 0.25) is 0 Å². The fourth-order valence-electron chi connectivity index (χ4n) is 1.80. The van der Waals surface area contributed by atoms with E-state index in [2.05, 4.69) is 5.32 Å². The van der Waals surface area contributed by atoms with Crippen molar-refractivity contribution in [3.8, 4) is 5.75 Å². The number of ether oxygens (including phenoxy) is 1. The number of nitrogens with zero attached hydrogens (tertiary/aromatic N) is 1. The topological polar surface area (TPSA) is 41.6 Å². The van der Waals surface area contributed by atoms with Crippen LogP contribution in [0.1, 0.15) is 12.8 Å². The van der Waals surface area contributed by atoms with Crippen LogP contribution in [0.3, 0.4) is 0 Å². The number of hydrogen-bond acceptors (Lipinski definition) is 2. The van der Waals surface area contributed by atoms with Crippen LogP contribution in [0.15, 0.2) is 24.3 Å². The summed E-state index contributed by atoms with van der Waals surface area (Å²) in [5, 5.41) is 2.62. The predicted octanol–water partition coefficient (Wildman–Crippen LogP) is 2.96. The van der Waals surface area contributed by atoms with Gasteiger partial charge in [0.1, 0.15) is 5.75 Å². The first kappa shape index (κ1) is 13.6. The van der Waals surface area contributed by atoms with Gasteiger partial charge in [0.05, 0.1) is 13.7 Å². The first-order valence-electron chi connectivity index (χ1n) is 6.10. The van der Waals surface area contributed by atoms with Gasteiger partial charge >= 0.3 is 6.03 Å². The van der Waals surface area contributed by atoms with Crippen LogP contribution in [0.2, 0.25) is 0 Å². The lowest BCUT2D eigenvalue weighted by Gasteiger charge is -2.22. The number of rotatable bonds is 5. The Hall–Kier alpha value is -1.85. The minimum atomic E-state index is -2.51. The van der Waals surface area contributed by atoms with Gasteiger partial charge in [-0.1, -0.05) is 0 Å². The molecular formula is C13H16F2N2O2. The molecule has 0 heterocycles. The number of anilines is 1. The van der Waals surface area contributed by atoms with E-state index in [0.29, 0.717) is 11.4 Å². The van der Waals surface area contributed by atoms with Crippen LogP contribution >= 0.6 is 0 Å².